The first-order valence-corrected chi connectivity index (χ1v) is 10.8. The number of carbonyl (C=O) groups is 1. The van der Waals surface area contributed by atoms with Crippen molar-refractivity contribution >= 4 is 17.4 Å². The number of imidazole rings is 1. The predicted molar refractivity (Wildman–Crippen MR) is 126 cm³/mol. The minimum Gasteiger partial charge on any atom is -0.307 e. The molecule has 36 heavy (non-hydrogen) atoms. The van der Waals surface area contributed by atoms with Crippen molar-refractivity contribution in [2.75, 3.05) is 5.32 Å². The van der Waals surface area contributed by atoms with E-state index in [1.165, 1.54) is 12.3 Å². The van der Waals surface area contributed by atoms with Crippen LogP contribution in [0.3, 0.4) is 0 Å². The second kappa shape index (κ2) is 8.88. The molecule has 0 saturated carbocycles. The third-order valence-electron chi connectivity index (χ3n) is 5.57. The van der Waals surface area contributed by atoms with Crippen LogP contribution in [0, 0.1) is 12.7 Å². The van der Waals surface area contributed by atoms with E-state index in [1.807, 2.05) is 0 Å². The van der Waals surface area contributed by atoms with Gasteiger partial charge in [-0.05, 0) is 79.2 Å². The number of alkyl halides is 3. The summed E-state index contributed by atoms with van der Waals surface area (Å²) in [7, 11) is 0. The Morgan fingerprint density at radius 1 is 0.944 bits per heavy atom. The number of benzene rings is 2. The lowest BCUT2D eigenvalue weighted by atomic mass is 10.0. The standard InChI is InChI=1S/C26H17F4N5O/c1-15-13-17(6-9-20(15)27)23-24(35-22(34-23)3-2-11-32-35)18-10-12-31-21(14-18)33-25(36)16-4-7-19(8-5-16)26(28,29)30/h2-14H,1H3,(H,31,33,36). The minimum atomic E-state index is -4.49. The molecule has 1 N–H and O–H groups in total. The summed E-state index contributed by atoms with van der Waals surface area (Å²) in [6, 6.07) is 15.4. The van der Waals surface area contributed by atoms with Gasteiger partial charge in [0.15, 0.2) is 5.65 Å². The number of rotatable bonds is 4. The van der Waals surface area contributed by atoms with Crippen molar-refractivity contribution in [1.29, 1.82) is 0 Å². The molecule has 10 heteroatoms. The van der Waals surface area contributed by atoms with Crippen molar-refractivity contribution in [2.24, 2.45) is 0 Å². The van der Waals surface area contributed by atoms with Gasteiger partial charge in [0, 0.05) is 29.1 Å². The number of amides is 1. The maximum absolute atomic E-state index is 13.9. The molecule has 0 radical (unpaired) electrons. The molecule has 0 fully saturated rings. The van der Waals surface area contributed by atoms with Gasteiger partial charge in [-0.25, -0.2) is 18.9 Å². The number of aromatic nitrogens is 4. The monoisotopic (exact) mass is 491 g/mol. The van der Waals surface area contributed by atoms with Gasteiger partial charge >= 0.3 is 6.18 Å². The first-order valence-electron chi connectivity index (χ1n) is 10.8. The number of pyridine rings is 1. The number of carbonyl (C=O) groups excluding carboxylic acids is 1. The van der Waals surface area contributed by atoms with Gasteiger partial charge in [-0.15, -0.1) is 0 Å². The van der Waals surface area contributed by atoms with Crippen LogP contribution < -0.4 is 5.32 Å². The Labute approximate surface area is 202 Å². The third-order valence-corrected chi connectivity index (χ3v) is 5.57. The summed E-state index contributed by atoms with van der Waals surface area (Å²) in [4.78, 5) is 21.5. The SMILES string of the molecule is Cc1cc(-c2nc3cccnn3c2-c2ccnc(NC(=O)c3ccc(C(F)(F)F)cc3)c2)ccc1F. The number of halogens is 4. The largest absolute Gasteiger partial charge is 0.416 e. The van der Waals surface area contributed by atoms with Crippen molar-refractivity contribution < 1.29 is 22.4 Å². The van der Waals surface area contributed by atoms with Gasteiger partial charge in [0.05, 0.1) is 11.3 Å². The fourth-order valence-corrected chi connectivity index (χ4v) is 3.79. The molecular formula is C26H17F4N5O. The summed E-state index contributed by atoms with van der Waals surface area (Å²) in [5.74, 6) is -0.761. The van der Waals surface area contributed by atoms with Crippen LogP contribution in [0.25, 0.3) is 28.2 Å². The molecule has 5 aromatic rings. The van der Waals surface area contributed by atoms with Gasteiger partial charge in [-0.3, -0.25) is 4.79 Å². The van der Waals surface area contributed by atoms with Crippen molar-refractivity contribution in [3.63, 3.8) is 0 Å². The first-order chi connectivity index (χ1) is 17.2. The normalized spacial score (nSPS) is 11.6. The fourth-order valence-electron chi connectivity index (χ4n) is 3.79. The van der Waals surface area contributed by atoms with E-state index in [9.17, 15) is 22.4 Å². The second-order valence-corrected chi connectivity index (χ2v) is 8.03. The molecule has 0 spiro atoms. The smallest absolute Gasteiger partial charge is 0.307 e. The van der Waals surface area contributed by atoms with Gasteiger partial charge < -0.3 is 5.32 Å². The van der Waals surface area contributed by atoms with Crippen LogP contribution in [0.15, 0.2) is 79.1 Å². The summed E-state index contributed by atoms with van der Waals surface area (Å²) in [6.45, 7) is 1.66. The highest BCUT2D eigenvalue weighted by Crippen LogP contribution is 2.34. The van der Waals surface area contributed by atoms with Crippen LogP contribution in [0.4, 0.5) is 23.4 Å². The van der Waals surface area contributed by atoms with Crippen molar-refractivity contribution in [2.45, 2.75) is 13.1 Å². The summed E-state index contributed by atoms with van der Waals surface area (Å²) in [6.07, 6.45) is -1.40. The van der Waals surface area contributed by atoms with E-state index in [-0.39, 0.29) is 17.2 Å². The molecule has 3 heterocycles. The zero-order valence-corrected chi connectivity index (χ0v) is 18.7. The molecule has 0 aliphatic rings. The topological polar surface area (TPSA) is 72.2 Å². The van der Waals surface area contributed by atoms with Crippen LogP contribution in [0.2, 0.25) is 0 Å². The number of hydrogen-bond donors (Lipinski definition) is 1. The molecule has 3 aromatic heterocycles. The average Bonchev–Trinajstić information content (AvgIpc) is 3.25. The van der Waals surface area contributed by atoms with E-state index in [0.29, 0.717) is 33.7 Å². The molecular weight excluding hydrogens is 474 g/mol. The molecule has 0 saturated heterocycles. The molecule has 180 valence electrons. The molecule has 0 aliphatic heterocycles. The van der Waals surface area contributed by atoms with Gasteiger partial charge in [-0.1, -0.05) is 0 Å². The van der Waals surface area contributed by atoms with Crippen LogP contribution in [-0.4, -0.2) is 25.5 Å². The molecule has 0 aliphatic carbocycles. The van der Waals surface area contributed by atoms with Crippen molar-refractivity contribution in [1.82, 2.24) is 19.6 Å². The number of nitrogens with zero attached hydrogens (tertiary/aromatic N) is 4. The zero-order chi connectivity index (χ0) is 25.4. The maximum atomic E-state index is 13.9. The fraction of sp³-hybridized carbons (Fsp3) is 0.0769. The summed E-state index contributed by atoms with van der Waals surface area (Å²) in [5.41, 5.74) is 2.70. The summed E-state index contributed by atoms with van der Waals surface area (Å²) < 4.78 is 54.0. The number of fused-ring (bicyclic) bond motifs is 1. The lowest BCUT2D eigenvalue weighted by Gasteiger charge is -2.10. The Kier molecular flexibility index (Phi) is 5.71. The first kappa shape index (κ1) is 23.2. The minimum absolute atomic E-state index is 0.0501. The molecule has 6 nitrogen and oxygen atoms in total. The number of anilines is 1. The van der Waals surface area contributed by atoms with Gasteiger partial charge in [0.2, 0.25) is 0 Å². The highest BCUT2D eigenvalue weighted by atomic mass is 19.4. The van der Waals surface area contributed by atoms with Crippen LogP contribution in [-0.2, 0) is 6.18 Å². The maximum Gasteiger partial charge on any atom is 0.416 e. The Hall–Kier alpha value is -4.60. The molecule has 1 amide bonds. The van der Waals surface area contributed by atoms with Crippen molar-refractivity contribution in [3.05, 3.63) is 102 Å². The quantitative estimate of drug-likeness (QED) is 0.305. The molecule has 0 atom stereocenters. The highest BCUT2D eigenvalue weighted by Gasteiger charge is 2.30. The summed E-state index contributed by atoms with van der Waals surface area (Å²) in [5, 5.41) is 7.00. The Balaban J connectivity index is 1.52. The molecule has 0 bridgehead atoms. The van der Waals surface area contributed by atoms with Crippen molar-refractivity contribution in [3.8, 4) is 22.5 Å². The number of hydrogen-bond acceptors (Lipinski definition) is 4. The number of nitrogens with one attached hydrogen (secondary N) is 1. The van der Waals surface area contributed by atoms with Crippen LogP contribution in [0.5, 0.6) is 0 Å². The van der Waals surface area contributed by atoms with E-state index >= 15 is 0 Å². The zero-order valence-electron chi connectivity index (χ0n) is 18.7. The van der Waals surface area contributed by atoms with E-state index in [0.717, 1.165) is 24.3 Å². The van der Waals surface area contributed by atoms with E-state index in [2.05, 4.69) is 20.4 Å². The average molecular weight is 491 g/mol. The Morgan fingerprint density at radius 3 is 2.44 bits per heavy atom. The van der Waals surface area contributed by atoms with Gasteiger partial charge in [-0.2, -0.15) is 18.3 Å². The predicted octanol–water partition coefficient (Wildman–Crippen LogP) is 6.18. The van der Waals surface area contributed by atoms with Crippen LogP contribution in [0.1, 0.15) is 21.5 Å². The van der Waals surface area contributed by atoms with E-state index in [4.69, 9.17) is 0 Å². The number of aryl methyl sites for hydroxylation is 1. The lowest BCUT2D eigenvalue weighted by Crippen LogP contribution is -2.13. The van der Waals surface area contributed by atoms with Crippen LogP contribution >= 0.6 is 0 Å². The highest BCUT2D eigenvalue weighted by molar-refractivity contribution is 6.04. The van der Waals surface area contributed by atoms with Gasteiger partial charge in [0.1, 0.15) is 17.3 Å². The molecule has 2 aromatic carbocycles. The third kappa shape index (κ3) is 4.40. The Morgan fingerprint density at radius 2 is 1.72 bits per heavy atom. The van der Waals surface area contributed by atoms with E-state index in [1.54, 1.807) is 54.0 Å². The molecule has 0 unspecified atom stereocenters. The second-order valence-electron chi connectivity index (χ2n) is 8.03. The Bertz CT molecular complexity index is 1590. The van der Waals surface area contributed by atoms with Gasteiger partial charge in [0.25, 0.3) is 5.91 Å². The summed E-state index contributed by atoms with van der Waals surface area (Å²) >= 11 is 0. The van der Waals surface area contributed by atoms with E-state index < -0.39 is 17.6 Å². The lowest BCUT2D eigenvalue weighted by molar-refractivity contribution is -0.137. The molecule has 5 rings (SSSR count).